The molecule has 0 bridgehead atoms. The summed E-state index contributed by atoms with van der Waals surface area (Å²) in [6.45, 7) is 1.93. The molecule has 4 nitrogen and oxygen atoms in total. The lowest BCUT2D eigenvalue weighted by atomic mass is 10.0. The molecule has 0 heterocycles. The van der Waals surface area contributed by atoms with Crippen LogP contribution in [0.5, 0.6) is 0 Å². The second-order valence-electron chi connectivity index (χ2n) is 6.23. The molecule has 0 fully saturated rings. The molecule has 0 aliphatic heterocycles. The van der Waals surface area contributed by atoms with E-state index in [0.717, 1.165) is 6.42 Å². The van der Waals surface area contributed by atoms with Gasteiger partial charge in [-0.1, -0.05) is 70.4 Å². The minimum Gasteiger partial charge on any atom is -0.395 e. The van der Waals surface area contributed by atoms with Crippen LogP contribution < -0.4 is 5.73 Å². The van der Waals surface area contributed by atoms with Crippen LogP contribution in [0.1, 0.15) is 77.6 Å². The van der Waals surface area contributed by atoms with Gasteiger partial charge in [0.25, 0.3) is 0 Å². The molecule has 0 unspecified atom stereocenters. The highest BCUT2D eigenvalue weighted by Gasteiger charge is 2.21. The third-order valence-corrected chi connectivity index (χ3v) is 4.06. The Bertz CT molecular complexity index is 259. The van der Waals surface area contributed by atoms with Crippen LogP contribution >= 0.6 is 0 Å². The predicted molar refractivity (Wildman–Crippen MR) is 92.7 cm³/mol. The Morgan fingerprint density at radius 1 is 0.864 bits per heavy atom. The van der Waals surface area contributed by atoms with E-state index in [0.29, 0.717) is 6.42 Å². The van der Waals surface area contributed by atoms with Crippen molar-refractivity contribution >= 4 is 0 Å². The van der Waals surface area contributed by atoms with E-state index in [-0.39, 0.29) is 6.61 Å². The van der Waals surface area contributed by atoms with Crippen LogP contribution in [0, 0.1) is 0 Å². The zero-order valence-electron chi connectivity index (χ0n) is 14.3. The topological polar surface area (TPSA) is 86.7 Å². The fourth-order valence-electron chi connectivity index (χ4n) is 2.46. The van der Waals surface area contributed by atoms with Crippen molar-refractivity contribution in [2.24, 2.45) is 5.73 Å². The largest absolute Gasteiger partial charge is 0.395 e. The monoisotopic (exact) mass is 315 g/mol. The van der Waals surface area contributed by atoms with Crippen LogP contribution in [0.4, 0.5) is 0 Å². The molecule has 4 heteroatoms. The summed E-state index contributed by atoms with van der Waals surface area (Å²) in [6.07, 6.45) is 15.3. The highest BCUT2D eigenvalue weighted by Crippen LogP contribution is 2.11. The molecule has 0 saturated heterocycles. The first-order valence-electron chi connectivity index (χ1n) is 9.01. The Kier molecular flexibility index (Phi) is 15.2. The van der Waals surface area contributed by atoms with Crippen LogP contribution in [0.2, 0.25) is 0 Å². The number of allylic oxidation sites excluding steroid dienone is 1. The zero-order valence-corrected chi connectivity index (χ0v) is 14.3. The molecule has 132 valence electrons. The Labute approximate surface area is 136 Å². The van der Waals surface area contributed by atoms with Gasteiger partial charge in [0.2, 0.25) is 0 Å². The number of hydrogen-bond donors (Lipinski definition) is 4. The Morgan fingerprint density at radius 2 is 1.41 bits per heavy atom. The third-order valence-electron chi connectivity index (χ3n) is 4.06. The van der Waals surface area contributed by atoms with Gasteiger partial charge in [-0.25, -0.2) is 0 Å². The molecule has 0 aromatic rings. The first kappa shape index (κ1) is 21.6. The molecule has 0 aromatic heterocycles. The summed E-state index contributed by atoms with van der Waals surface area (Å²) in [6, 6.07) is -0.777. The van der Waals surface area contributed by atoms with Crippen LogP contribution in [-0.2, 0) is 0 Å². The van der Waals surface area contributed by atoms with Crippen molar-refractivity contribution in [3.05, 3.63) is 12.2 Å². The molecular formula is C18H37NO3. The molecule has 0 saturated carbocycles. The van der Waals surface area contributed by atoms with Crippen molar-refractivity contribution in [1.29, 1.82) is 0 Å². The summed E-state index contributed by atoms with van der Waals surface area (Å²) in [5, 5.41) is 28.1. The van der Waals surface area contributed by atoms with Gasteiger partial charge >= 0.3 is 0 Å². The standard InChI is InChI=1S/C18H37NO3/c1-2-3-4-5-6-7-8-9-10-11-12-13-14-17(21)18(22)16(19)15-20/h12-13,16-18,20-22H,2-11,14-15,19H2,1H3/b13-12+/t16-,17+,18-/m0/s1. The van der Waals surface area contributed by atoms with E-state index in [2.05, 4.69) is 13.0 Å². The first-order chi connectivity index (χ1) is 10.6. The molecule has 0 spiro atoms. The number of aliphatic hydroxyl groups is 3. The average Bonchev–Trinajstić information content (AvgIpc) is 2.54. The van der Waals surface area contributed by atoms with Crippen molar-refractivity contribution in [3.63, 3.8) is 0 Å². The van der Waals surface area contributed by atoms with Crippen molar-refractivity contribution < 1.29 is 15.3 Å². The van der Waals surface area contributed by atoms with E-state index in [1.165, 1.54) is 57.8 Å². The van der Waals surface area contributed by atoms with E-state index in [1.54, 1.807) is 0 Å². The first-order valence-corrected chi connectivity index (χ1v) is 9.01. The van der Waals surface area contributed by atoms with E-state index in [9.17, 15) is 10.2 Å². The summed E-state index contributed by atoms with van der Waals surface area (Å²) >= 11 is 0. The lowest BCUT2D eigenvalue weighted by Crippen LogP contribution is -2.45. The molecule has 5 N–H and O–H groups in total. The van der Waals surface area contributed by atoms with Gasteiger partial charge in [0.15, 0.2) is 0 Å². The minimum atomic E-state index is -1.07. The predicted octanol–water partition coefficient (Wildman–Crippen LogP) is 2.90. The van der Waals surface area contributed by atoms with E-state index in [1.807, 2.05) is 6.08 Å². The third kappa shape index (κ3) is 12.2. The molecule has 0 radical (unpaired) electrons. The van der Waals surface area contributed by atoms with Gasteiger partial charge in [0.05, 0.1) is 24.9 Å². The summed E-state index contributed by atoms with van der Waals surface area (Å²) in [4.78, 5) is 0. The highest BCUT2D eigenvalue weighted by atomic mass is 16.3. The molecule has 0 amide bonds. The lowest BCUT2D eigenvalue weighted by molar-refractivity contribution is -0.00519. The average molecular weight is 315 g/mol. The molecular weight excluding hydrogens is 278 g/mol. The number of unbranched alkanes of at least 4 members (excludes halogenated alkanes) is 9. The van der Waals surface area contributed by atoms with Crippen molar-refractivity contribution in [3.8, 4) is 0 Å². The van der Waals surface area contributed by atoms with Gasteiger partial charge in [-0.2, -0.15) is 0 Å². The Balaban J connectivity index is 3.40. The Hall–Kier alpha value is -0.420. The van der Waals surface area contributed by atoms with E-state index in [4.69, 9.17) is 10.8 Å². The molecule has 3 atom stereocenters. The van der Waals surface area contributed by atoms with Crippen LogP contribution in [0.15, 0.2) is 12.2 Å². The maximum Gasteiger partial charge on any atom is 0.0974 e. The SMILES string of the molecule is CCCCCCCCCCC/C=C/C[C@@H](O)[C@@H](O)[C@@H](N)CO. The summed E-state index contributed by atoms with van der Waals surface area (Å²) in [5.41, 5.74) is 5.47. The van der Waals surface area contributed by atoms with Gasteiger partial charge in [-0.3, -0.25) is 0 Å². The summed E-state index contributed by atoms with van der Waals surface area (Å²) in [7, 11) is 0. The fourth-order valence-corrected chi connectivity index (χ4v) is 2.46. The number of aliphatic hydroxyl groups excluding tert-OH is 3. The molecule has 0 aliphatic carbocycles. The fraction of sp³-hybridized carbons (Fsp3) is 0.889. The molecule has 0 aliphatic rings. The second-order valence-corrected chi connectivity index (χ2v) is 6.23. The maximum absolute atomic E-state index is 9.69. The summed E-state index contributed by atoms with van der Waals surface area (Å²) < 4.78 is 0. The van der Waals surface area contributed by atoms with Gasteiger partial charge in [0, 0.05) is 0 Å². The van der Waals surface area contributed by atoms with Gasteiger partial charge in [0.1, 0.15) is 0 Å². The second kappa shape index (κ2) is 15.5. The number of hydrogen-bond acceptors (Lipinski definition) is 4. The quantitative estimate of drug-likeness (QED) is 0.276. The lowest BCUT2D eigenvalue weighted by Gasteiger charge is -2.21. The maximum atomic E-state index is 9.69. The molecule has 0 rings (SSSR count). The zero-order chi connectivity index (χ0) is 16.6. The van der Waals surface area contributed by atoms with Crippen molar-refractivity contribution in [1.82, 2.24) is 0 Å². The van der Waals surface area contributed by atoms with Crippen LogP contribution in [0.3, 0.4) is 0 Å². The van der Waals surface area contributed by atoms with Gasteiger partial charge in [-0.05, 0) is 19.3 Å². The van der Waals surface area contributed by atoms with E-state index >= 15 is 0 Å². The number of nitrogens with two attached hydrogens (primary N) is 1. The van der Waals surface area contributed by atoms with Gasteiger partial charge in [-0.15, -0.1) is 0 Å². The van der Waals surface area contributed by atoms with Crippen molar-refractivity contribution in [2.45, 2.75) is 95.8 Å². The van der Waals surface area contributed by atoms with Crippen LogP contribution in [0.25, 0.3) is 0 Å². The van der Waals surface area contributed by atoms with Crippen LogP contribution in [-0.4, -0.2) is 40.2 Å². The number of rotatable bonds is 15. The smallest absolute Gasteiger partial charge is 0.0974 e. The van der Waals surface area contributed by atoms with Crippen molar-refractivity contribution in [2.75, 3.05) is 6.61 Å². The minimum absolute atomic E-state index is 0.319. The van der Waals surface area contributed by atoms with Gasteiger partial charge < -0.3 is 21.1 Å². The Morgan fingerprint density at radius 3 is 1.95 bits per heavy atom. The molecule has 22 heavy (non-hydrogen) atoms. The van der Waals surface area contributed by atoms with E-state index < -0.39 is 18.2 Å². The normalized spacial score (nSPS) is 16.0. The highest BCUT2D eigenvalue weighted by molar-refractivity contribution is 4.88. The molecule has 0 aromatic carbocycles. The summed E-state index contributed by atoms with van der Waals surface area (Å²) in [5.74, 6) is 0.